The summed E-state index contributed by atoms with van der Waals surface area (Å²) in [5.74, 6) is 0.906. The van der Waals surface area contributed by atoms with Crippen molar-refractivity contribution in [3.63, 3.8) is 0 Å². The number of nitrogens with two attached hydrogens (primary N) is 1. The zero-order valence-corrected chi connectivity index (χ0v) is 12.9. The molecule has 0 bridgehead atoms. The molecule has 0 heterocycles. The van der Waals surface area contributed by atoms with E-state index < -0.39 is 0 Å². The van der Waals surface area contributed by atoms with Crippen LogP contribution in [-0.4, -0.2) is 0 Å². The Morgan fingerprint density at radius 3 is 2.75 bits per heavy atom. The molecule has 2 nitrogen and oxygen atoms in total. The van der Waals surface area contributed by atoms with Gasteiger partial charge in [-0.05, 0) is 60.2 Å². The number of benzene rings is 2. The van der Waals surface area contributed by atoms with Crippen LogP contribution in [0.3, 0.4) is 0 Å². The van der Waals surface area contributed by atoms with E-state index in [0.717, 1.165) is 28.6 Å². The van der Waals surface area contributed by atoms with Crippen LogP contribution in [0.25, 0.3) is 0 Å². The second kappa shape index (κ2) is 5.98. The molecular weight excluding hydrogens is 314 g/mol. The fourth-order valence-electron chi connectivity index (χ4n) is 2.65. The van der Waals surface area contributed by atoms with E-state index in [9.17, 15) is 0 Å². The van der Waals surface area contributed by atoms with Gasteiger partial charge in [0.05, 0.1) is 0 Å². The average molecular weight is 332 g/mol. The van der Waals surface area contributed by atoms with Gasteiger partial charge in [0.15, 0.2) is 0 Å². The minimum Gasteiger partial charge on any atom is -0.489 e. The molecule has 2 N–H and O–H groups in total. The lowest BCUT2D eigenvalue weighted by molar-refractivity contribution is 0.305. The van der Waals surface area contributed by atoms with E-state index in [2.05, 4.69) is 46.3 Å². The summed E-state index contributed by atoms with van der Waals surface area (Å²) in [4.78, 5) is 0. The molecule has 0 amide bonds. The van der Waals surface area contributed by atoms with Crippen LogP contribution in [0.1, 0.15) is 35.6 Å². The average Bonchev–Trinajstić information content (AvgIpc) is 2.47. The Bertz CT molecular complexity index is 594. The van der Waals surface area contributed by atoms with Crippen molar-refractivity contribution >= 4 is 15.9 Å². The van der Waals surface area contributed by atoms with Crippen molar-refractivity contribution in [3.05, 3.63) is 63.6 Å². The number of fused-ring (bicyclic) bond motifs is 1. The van der Waals surface area contributed by atoms with Gasteiger partial charge >= 0.3 is 0 Å². The molecular formula is C17H18BrNO. The second-order valence-electron chi connectivity index (χ2n) is 5.27. The third-order valence-electron chi connectivity index (χ3n) is 3.80. The molecule has 1 atom stereocenters. The van der Waals surface area contributed by atoms with Crippen LogP contribution in [0.5, 0.6) is 5.75 Å². The monoisotopic (exact) mass is 331 g/mol. The number of rotatable bonds is 3. The summed E-state index contributed by atoms with van der Waals surface area (Å²) in [6.45, 7) is 0.585. The zero-order valence-electron chi connectivity index (χ0n) is 11.3. The van der Waals surface area contributed by atoms with Crippen molar-refractivity contribution in [2.75, 3.05) is 0 Å². The standard InChI is InChI=1S/C17H18BrNO/c18-14-7-4-12(5-8-14)11-20-15-9-6-13-2-1-3-17(19)16(13)10-15/h4-10,17H,1-3,11,19H2/t17-/m0/s1. The molecule has 0 aromatic heterocycles. The first kappa shape index (κ1) is 13.7. The SMILES string of the molecule is N[C@H]1CCCc2ccc(OCc3ccc(Br)cc3)cc21. The first-order chi connectivity index (χ1) is 9.72. The van der Waals surface area contributed by atoms with E-state index in [4.69, 9.17) is 10.5 Å². The molecule has 2 aromatic rings. The van der Waals surface area contributed by atoms with Crippen molar-refractivity contribution in [2.24, 2.45) is 5.73 Å². The fourth-order valence-corrected chi connectivity index (χ4v) is 2.92. The maximum absolute atomic E-state index is 6.18. The van der Waals surface area contributed by atoms with E-state index in [0.29, 0.717) is 6.61 Å². The topological polar surface area (TPSA) is 35.2 Å². The van der Waals surface area contributed by atoms with Crippen LogP contribution in [0.15, 0.2) is 46.9 Å². The van der Waals surface area contributed by atoms with Gasteiger partial charge < -0.3 is 10.5 Å². The van der Waals surface area contributed by atoms with E-state index in [1.807, 2.05) is 12.1 Å². The highest BCUT2D eigenvalue weighted by molar-refractivity contribution is 9.10. The highest BCUT2D eigenvalue weighted by atomic mass is 79.9. The van der Waals surface area contributed by atoms with Gasteiger partial charge in [-0.3, -0.25) is 0 Å². The van der Waals surface area contributed by atoms with Gasteiger partial charge in [-0.2, -0.15) is 0 Å². The van der Waals surface area contributed by atoms with E-state index >= 15 is 0 Å². The van der Waals surface area contributed by atoms with Crippen LogP contribution >= 0.6 is 15.9 Å². The van der Waals surface area contributed by atoms with Gasteiger partial charge in [0.2, 0.25) is 0 Å². The third-order valence-corrected chi connectivity index (χ3v) is 4.33. The fraction of sp³-hybridized carbons (Fsp3) is 0.294. The molecule has 2 aromatic carbocycles. The maximum Gasteiger partial charge on any atom is 0.120 e. The molecule has 0 radical (unpaired) electrons. The summed E-state index contributed by atoms with van der Waals surface area (Å²) < 4.78 is 6.96. The Balaban J connectivity index is 1.72. The third kappa shape index (κ3) is 3.05. The number of ether oxygens (including phenoxy) is 1. The summed E-state index contributed by atoms with van der Waals surface area (Å²) in [5.41, 5.74) is 9.97. The Labute approximate surface area is 128 Å². The molecule has 20 heavy (non-hydrogen) atoms. The summed E-state index contributed by atoms with van der Waals surface area (Å²) >= 11 is 3.43. The number of halogens is 1. The second-order valence-corrected chi connectivity index (χ2v) is 6.19. The molecule has 104 valence electrons. The van der Waals surface area contributed by atoms with Gasteiger partial charge in [-0.15, -0.1) is 0 Å². The van der Waals surface area contributed by atoms with Crippen molar-refractivity contribution in [1.29, 1.82) is 0 Å². The minimum atomic E-state index is 0.162. The van der Waals surface area contributed by atoms with E-state index in [1.165, 1.54) is 17.5 Å². The Morgan fingerprint density at radius 2 is 1.95 bits per heavy atom. The van der Waals surface area contributed by atoms with Crippen molar-refractivity contribution < 1.29 is 4.74 Å². The van der Waals surface area contributed by atoms with Crippen molar-refractivity contribution in [3.8, 4) is 5.75 Å². The van der Waals surface area contributed by atoms with Gasteiger partial charge in [0.1, 0.15) is 12.4 Å². The van der Waals surface area contributed by atoms with Crippen molar-refractivity contribution in [2.45, 2.75) is 31.9 Å². The Kier molecular flexibility index (Phi) is 4.08. The number of hydrogen-bond donors (Lipinski definition) is 1. The van der Waals surface area contributed by atoms with Crippen LogP contribution in [0.2, 0.25) is 0 Å². The lowest BCUT2D eigenvalue weighted by atomic mass is 9.88. The molecule has 0 aliphatic heterocycles. The van der Waals surface area contributed by atoms with Gasteiger partial charge in [-0.25, -0.2) is 0 Å². The normalized spacial score (nSPS) is 17.6. The van der Waals surface area contributed by atoms with Crippen LogP contribution in [0, 0.1) is 0 Å². The molecule has 0 fully saturated rings. The summed E-state index contributed by atoms with van der Waals surface area (Å²) in [6.07, 6.45) is 3.40. The lowest BCUT2D eigenvalue weighted by Crippen LogP contribution is -2.17. The molecule has 0 unspecified atom stereocenters. The number of hydrogen-bond acceptors (Lipinski definition) is 2. The van der Waals surface area contributed by atoms with Crippen LogP contribution in [-0.2, 0) is 13.0 Å². The summed E-state index contributed by atoms with van der Waals surface area (Å²) in [7, 11) is 0. The molecule has 0 saturated carbocycles. The lowest BCUT2D eigenvalue weighted by Gasteiger charge is -2.22. The van der Waals surface area contributed by atoms with Gasteiger partial charge in [0.25, 0.3) is 0 Å². The summed E-state index contributed by atoms with van der Waals surface area (Å²) in [5, 5.41) is 0. The molecule has 1 aliphatic carbocycles. The van der Waals surface area contributed by atoms with Gasteiger partial charge in [0, 0.05) is 10.5 Å². The largest absolute Gasteiger partial charge is 0.489 e. The molecule has 3 heteroatoms. The molecule has 0 spiro atoms. The van der Waals surface area contributed by atoms with E-state index in [1.54, 1.807) is 0 Å². The predicted octanol–water partition coefficient (Wildman–Crippen LogP) is 4.36. The quantitative estimate of drug-likeness (QED) is 0.906. The predicted molar refractivity (Wildman–Crippen MR) is 84.8 cm³/mol. The molecule has 3 rings (SSSR count). The zero-order chi connectivity index (χ0) is 13.9. The Morgan fingerprint density at radius 1 is 1.15 bits per heavy atom. The first-order valence-electron chi connectivity index (χ1n) is 6.98. The van der Waals surface area contributed by atoms with Gasteiger partial charge in [-0.1, -0.05) is 34.1 Å². The Hall–Kier alpha value is -1.32. The molecule has 0 saturated heterocycles. The maximum atomic E-state index is 6.18. The van der Waals surface area contributed by atoms with Crippen LogP contribution < -0.4 is 10.5 Å². The summed E-state index contributed by atoms with van der Waals surface area (Å²) in [6, 6.07) is 14.7. The highest BCUT2D eigenvalue weighted by Crippen LogP contribution is 2.31. The van der Waals surface area contributed by atoms with Crippen molar-refractivity contribution in [1.82, 2.24) is 0 Å². The van der Waals surface area contributed by atoms with E-state index in [-0.39, 0.29) is 6.04 Å². The first-order valence-corrected chi connectivity index (χ1v) is 7.77. The highest BCUT2D eigenvalue weighted by Gasteiger charge is 2.17. The number of aryl methyl sites for hydroxylation is 1. The van der Waals surface area contributed by atoms with Crippen LogP contribution in [0.4, 0.5) is 0 Å². The molecule has 1 aliphatic rings. The minimum absolute atomic E-state index is 0.162. The smallest absolute Gasteiger partial charge is 0.120 e.